The van der Waals surface area contributed by atoms with Crippen LogP contribution in [0.3, 0.4) is 0 Å². The summed E-state index contributed by atoms with van der Waals surface area (Å²) in [5.74, 6) is -1.75. The summed E-state index contributed by atoms with van der Waals surface area (Å²) in [6.07, 6.45) is 2.92. The van der Waals surface area contributed by atoms with Crippen molar-refractivity contribution >= 4 is 17.8 Å². The molecule has 0 aliphatic rings. The molecule has 0 aromatic rings. The molecule has 14 heavy (non-hydrogen) atoms. The highest BCUT2D eigenvalue weighted by Crippen LogP contribution is 1.67. The molecule has 0 aliphatic heterocycles. The second kappa shape index (κ2) is 8.98. The zero-order valence-electron chi connectivity index (χ0n) is 7.73. The number of amides is 2. The fraction of sp³-hybridized carbons (Fsp3) is 0.125. The first kappa shape index (κ1) is 14.4. The first-order valence-electron chi connectivity index (χ1n) is 3.41. The van der Waals surface area contributed by atoms with E-state index in [0.717, 1.165) is 18.2 Å². The predicted octanol–water partition coefficient (Wildman–Crippen LogP) is -1.14. The molecule has 0 bridgehead atoms. The van der Waals surface area contributed by atoms with E-state index in [0.29, 0.717) is 0 Å². The second-order valence-electron chi connectivity index (χ2n) is 1.87. The van der Waals surface area contributed by atoms with Gasteiger partial charge < -0.3 is 16.2 Å². The minimum Gasteiger partial charge on any atom is -0.466 e. The fourth-order valence-corrected chi connectivity index (χ4v) is 0.248. The van der Waals surface area contributed by atoms with Gasteiger partial charge in [0.25, 0.3) is 0 Å². The van der Waals surface area contributed by atoms with Gasteiger partial charge in [0.15, 0.2) is 0 Å². The van der Waals surface area contributed by atoms with E-state index in [1.165, 1.54) is 7.11 Å². The second-order valence-corrected chi connectivity index (χ2v) is 1.87. The van der Waals surface area contributed by atoms with Crippen LogP contribution in [0.5, 0.6) is 0 Å². The third-order valence-corrected chi connectivity index (χ3v) is 0.780. The Balaban J connectivity index is 0. The van der Waals surface area contributed by atoms with Crippen LogP contribution in [0.25, 0.3) is 0 Å². The van der Waals surface area contributed by atoms with E-state index in [9.17, 15) is 14.4 Å². The zero-order chi connectivity index (χ0) is 11.6. The monoisotopic (exact) mass is 200 g/mol. The van der Waals surface area contributed by atoms with Crippen molar-refractivity contribution < 1.29 is 19.1 Å². The van der Waals surface area contributed by atoms with Crippen LogP contribution in [0.15, 0.2) is 24.8 Å². The number of ether oxygens (including phenoxy) is 1. The lowest BCUT2D eigenvalue weighted by Gasteiger charge is -1.83. The summed E-state index contributed by atoms with van der Waals surface area (Å²) in [7, 11) is 1.31. The maximum Gasteiger partial charge on any atom is 0.329 e. The van der Waals surface area contributed by atoms with Gasteiger partial charge in [-0.05, 0) is 0 Å². The Labute approximate surface area is 81.2 Å². The van der Waals surface area contributed by atoms with Gasteiger partial charge in [0.2, 0.25) is 11.8 Å². The molecular formula is C8H12N2O4. The molecule has 0 aliphatic carbocycles. The Kier molecular flexibility index (Phi) is 9.25. The van der Waals surface area contributed by atoms with Gasteiger partial charge in [-0.1, -0.05) is 6.58 Å². The van der Waals surface area contributed by atoms with Gasteiger partial charge in [0.1, 0.15) is 0 Å². The van der Waals surface area contributed by atoms with E-state index in [4.69, 9.17) is 0 Å². The molecule has 0 aromatic carbocycles. The number of carbonyl (C=O) groups excluding carboxylic acids is 3. The number of nitrogens with two attached hydrogens (primary N) is 2. The Morgan fingerprint density at radius 1 is 1.14 bits per heavy atom. The normalized spacial score (nSPS) is 8.36. The summed E-state index contributed by atoms with van der Waals surface area (Å²) >= 11 is 0. The largest absolute Gasteiger partial charge is 0.466 e. The van der Waals surface area contributed by atoms with Crippen molar-refractivity contribution in [3.8, 4) is 0 Å². The lowest BCUT2D eigenvalue weighted by Crippen LogP contribution is -2.10. The third kappa shape index (κ3) is 16.5. The Morgan fingerprint density at radius 2 is 1.50 bits per heavy atom. The van der Waals surface area contributed by atoms with Crippen LogP contribution in [0.2, 0.25) is 0 Å². The van der Waals surface area contributed by atoms with Crippen LogP contribution >= 0.6 is 0 Å². The standard InChI is InChI=1S/C4H6N2O2.C4H6O2/c5-3(7)1-2-4(6)8;1-3-4(5)6-2/h1-2H,(H2,5,7)(H2,6,8);3H,1H2,2H3/b2-1-;. The molecule has 0 radical (unpaired) electrons. The lowest BCUT2D eigenvalue weighted by atomic mass is 10.5. The average Bonchev–Trinajstić information content (AvgIpc) is 2.14. The third-order valence-electron chi connectivity index (χ3n) is 0.780. The van der Waals surface area contributed by atoms with Crippen molar-refractivity contribution in [1.29, 1.82) is 0 Å². The molecule has 78 valence electrons. The van der Waals surface area contributed by atoms with Crippen molar-refractivity contribution in [2.45, 2.75) is 0 Å². The number of methoxy groups -OCH3 is 1. The molecule has 6 nitrogen and oxygen atoms in total. The molecule has 4 N–H and O–H groups in total. The van der Waals surface area contributed by atoms with E-state index in [2.05, 4.69) is 22.8 Å². The molecule has 0 heterocycles. The highest BCUT2D eigenvalue weighted by Gasteiger charge is 1.84. The van der Waals surface area contributed by atoms with Crippen LogP contribution in [0.1, 0.15) is 0 Å². The van der Waals surface area contributed by atoms with Gasteiger partial charge in [-0.2, -0.15) is 0 Å². The number of esters is 1. The van der Waals surface area contributed by atoms with Crippen LogP contribution in [-0.2, 0) is 19.1 Å². The molecule has 2 amide bonds. The predicted molar refractivity (Wildman–Crippen MR) is 49.7 cm³/mol. The maximum atomic E-state index is 9.84. The van der Waals surface area contributed by atoms with Crippen molar-refractivity contribution in [1.82, 2.24) is 0 Å². The minimum absolute atomic E-state index is 0.394. The van der Waals surface area contributed by atoms with E-state index in [1.54, 1.807) is 0 Å². The molecular weight excluding hydrogens is 188 g/mol. The van der Waals surface area contributed by atoms with Crippen LogP contribution < -0.4 is 11.5 Å². The fourth-order valence-electron chi connectivity index (χ4n) is 0.248. The van der Waals surface area contributed by atoms with Crippen molar-refractivity contribution in [2.75, 3.05) is 7.11 Å². The van der Waals surface area contributed by atoms with E-state index < -0.39 is 17.8 Å². The number of hydrogen-bond acceptors (Lipinski definition) is 4. The average molecular weight is 200 g/mol. The molecule has 0 aromatic heterocycles. The summed E-state index contributed by atoms with van der Waals surface area (Å²) in [5, 5.41) is 0. The van der Waals surface area contributed by atoms with Gasteiger partial charge in [0, 0.05) is 18.2 Å². The number of rotatable bonds is 3. The number of hydrogen-bond donors (Lipinski definition) is 2. The summed E-state index contributed by atoms with van der Waals surface area (Å²) in [5.41, 5.74) is 9.21. The first-order valence-corrected chi connectivity index (χ1v) is 3.41. The SMILES string of the molecule is C=CC(=O)OC.NC(=O)/C=C\C(N)=O. The highest BCUT2D eigenvalue weighted by molar-refractivity contribution is 5.95. The van der Waals surface area contributed by atoms with Gasteiger partial charge >= 0.3 is 5.97 Å². The van der Waals surface area contributed by atoms with E-state index >= 15 is 0 Å². The van der Waals surface area contributed by atoms with Gasteiger partial charge in [-0.3, -0.25) is 9.59 Å². The maximum absolute atomic E-state index is 9.84. The molecule has 6 heteroatoms. The Hall–Kier alpha value is -2.11. The molecule has 0 fully saturated rings. The molecule has 0 saturated carbocycles. The number of carbonyl (C=O) groups is 3. The summed E-state index contributed by atoms with van der Waals surface area (Å²) in [6.45, 7) is 3.16. The summed E-state index contributed by atoms with van der Waals surface area (Å²) in [6, 6.07) is 0. The van der Waals surface area contributed by atoms with Crippen molar-refractivity contribution in [3.05, 3.63) is 24.8 Å². The Bertz CT molecular complexity index is 242. The molecule has 0 rings (SSSR count). The molecule has 0 unspecified atom stereocenters. The molecule has 0 spiro atoms. The smallest absolute Gasteiger partial charge is 0.329 e. The van der Waals surface area contributed by atoms with E-state index in [-0.39, 0.29) is 0 Å². The Morgan fingerprint density at radius 3 is 1.57 bits per heavy atom. The minimum atomic E-state index is -0.677. The summed E-state index contributed by atoms with van der Waals surface area (Å²) < 4.78 is 4.14. The number of primary amides is 2. The highest BCUT2D eigenvalue weighted by atomic mass is 16.5. The van der Waals surface area contributed by atoms with Gasteiger partial charge in [0.05, 0.1) is 7.11 Å². The van der Waals surface area contributed by atoms with Crippen LogP contribution in [0, 0.1) is 0 Å². The van der Waals surface area contributed by atoms with Crippen LogP contribution in [-0.4, -0.2) is 24.9 Å². The summed E-state index contributed by atoms with van der Waals surface area (Å²) in [4.78, 5) is 29.5. The zero-order valence-corrected chi connectivity index (χ0v) is 7.73. The van der Waals surface area contributed by atoms with Crippen molar-refractivity contribution in [3.63, 3.8) is 0 Å². The van der Waals surface area contributed by atoms with Gasteiger partial charge in [-0.25, -0.2) is 4.79 Å². The first-order chi connectivity index (χ1) is 6.43. The molecule has 0 atom stereocenters. The van der Waals surface area contributed by atoms with Crippen molar-refractivity contribution in [2.24, 2.45) is 11.5 Å². The topological polar surface area (TPSA) is 112 Å². The van der Waals surface area contributed by atoms with Gasteiger partial charge in [-0.15, -0.1) is 0 Å². The molecule has 0 saturated heterocycles. The quantitative estimate of drug-likeness (QED) is 0.442. The van der Waals surface area contributed by atoms with E-state index in [1.807, 2.05) is 0 Å². The lowest BCUT2D eigenvalue weighted by molar-refractivity contribution is -0.134. The van der Waals surface area contributed by atoms with Crippen LogP contribution in [0.4, 0.5) is 0 Å².